The number of aryl methyl sites for hydroxylation is 2. The third kappa shape index (κ3) is 4.30. The van der Waals surface area contributed by atoms with Gasteiger partial charge < -0.3 is 15.2 Å². The molecule has 30 heavy (non-hydrogen) atoms. The fraction of sp³-hybridized carbons (Fsp3) is 0.280. The minimum Gasteiger partial charge on any atom is -0.370 e. The summed E-state index contributed by atoms with van der Waals surface area (Å²) in [5, 5.41) is 2.92. The quantitative estimate of drug-likeness (QED) is 0.632. The number of H-pyrrole nitrogens is 1. The first-order valence-electron chi connectivity index (χ1n) is 10.5. The number of aromatic amines is 1. The highest BCUT2D eigenvalue weighted by Gasteiger charge is 2.16. The molecular formula is C25H28N4O. The molecule has 1 amide bonds. The van der Waals surface area contributed by atoms with E-state index < -0.39 is 0 Å². The number of aromatic nitrogens is 2. The van der Waals surface area contributed by atoms with Gasteiger partial charge in [0.05, 0.1) is 17.9 Å². The Morgan fingerprint density at radius 1 is 1.07 bits per heavy atom. The Bertz CT molecular complexity index is 1080. The van der Waals surface area contributed by atoms with Crippen molar-refractivity contribution < 1.29 is 4.79 Å². The fourth-order valence-electron chi connectivity index (χ4n) is 3.61. The summed E-state index contributed by atoms with van der Waals surface area (Å²) in [6.45, 7) is 8.34. The molecule has 0 saturated heterocycles. The maximum absolute atomic E-state index is 11.4. The molecule has 0 spiro atoms. The second-order valence-electron chi connectivity index (χ2n) is 7.82. The largest absolute Gasteiger partial charge is 0.370 e. The number of benzene rings is 2. The fourth-order valence-corrected chi connectivity index (χ4v) is 3.61. The molecule has 0 saturated carbocycles. The number of hydrogen-bond donors (Lipinski definition) is 2. The van der Waals surface area contributed by atoms with Gasteiger partial charge in [0.2, 0.25) is 5.91 Å². The molecule has 0 radical (unpaired) electrons. The van der Waals surface area contributed by atoms with Crippen LogP contribution >= 0.6 is 0 Å². The van der Waals surface area contributed by atoms with Gasteiger partial charge in [0.25, 0.3) is 0 Å². The lowest BCUT2D eigenvalue weighted by molar-refractivity contribution is -0.120. The van der Waals surface area contributed by atoms with E-state index >= 15 is 0 Å². The Balaban J connectivity index is 1.45. The molecule has 0 bridgehead atoms. The zero-order valence-electron chi connectivity index (χ0n) is 17.8. The van der Waals surface area contributed by atoms with Gasteiger partial charge in [0.15, 0.2) is 0 Å². The molecule has 3 aromatic rings. The summed E-state index contributed by atoms with van der Waals surface area (Å²) < 4.78 is 0. The SMILES string of the molecule is CCC(=O)NCCN1C=Cc2nc(-c3ccc(-c4ccc(C)c(C)c4)cc3)[nH]c2C1. The smallest absolute Gasteiger partial charge is 0.219 e. The molecule has 1 aliphatic heterocycles. The topological polar surface area (TPSA) is 61.0 Å². The Hall–Kier alpha value is -3.34. The average molecular weight is 401 g/mol. The van der Waals surface area contributed by atoms with Crippen molar-refractivity contribution in [3.8, 4) is 22.5 Å². The van der Waals surface area contributed by atoms with Gasteiger partial charge in [-0.1, -0.05) is 49.4 Å². The number of nitrogens with zero attached hydrogens (tertiary/aromatic N) is 2. The number of hydrogen-bond acceptors (Lipinski definition) is 3. The normalized spacial score (nSPS) is 12.7. The highest BCUT2D eigenvalue weighted by Crippen LogP contribution is 2.27. The lowest BCUT2D eigenvalue weighted by Gasteiger charge is -2.22. The van der Waals surface area contributed by atoms with Crippen LogP contribution in [0.1, 0.15) is 35.9 Å². The van der Waals surface area contributed by atoms with Crippen LogP contribution in [0.15, 0.2) is 48.7 Å². The summed E-state index contributed by atoms with van der Waals surface area (Å²) in [6, 6.07) is 15.1. The first-order valence-corrected chi connectivity index (χ1v) is 10.5. The number of carbonyl (C=O) groups excluding carboxylic acids is 1. The van der Waals surface area contributed by atoms with Gasteiger partial charge in [0.1, 0.15) is 5.82 Å². The Kier molecular flexibility index (Phi) is 5.70. The van der Waals surface area contributed by atoms with Crippen LogP contribution in [-0.2, 0) is 11.3 Å². The van der Waals surface area contributed by atoms with Crippen molar-refractivity contribution in [1.29, 1.82) is 0 Å². The van der Waals surface area contributed by atoms with E-state index in [9.17, 15) is 4.79 Å². The molecule has 5 heteroatoms. The first-order chi connectivity index (χ1) is 14.5. The number of nitrogens with one attached hydrogen (secondary N) is 2. The maximum Gasteiger partial charge on any atom is 0.219 e. The molecule has 0 unspecified atom stereocenters. The van der Waals surface area contributed by atoms with Crippen molar-refractivity contribution in [2.24, 2.45) is 0 Å². The van der Waals surface area contributed by atoms with E-state index in [1.54, 1.807) is 0 Å². The van der Waals surface area contributed by atoms with E-state index in [2.05, 4.69) is 71.5 Å². The minimum absolute atomic E-state index is 0.0877. The highest BCUT2D eigenvalue weighted by atomic mass is 16.1. The molecule has 2 heterocycles. The van der Waals surface area contributed by atoms with Crippen molar-refractivity contribution in [2.75, 3.05) is 13.1 Å². The summed E-state index contributed by atoms with van der Waals surface area (Å²) >= 11 is 0. The van der Waals surface area contributed by atoms with Crippen LogP contribution < -0.4 is 5.32 Å². The van der Waals surface area contributed by atoms with Crippen LogP contribution in [-0.4, -0.2) is 33.9 Å². The van der Waals surface area contributed by atoms with Gasteiger partial charge in [0, 0.05) is 31.3 Å². The molecule has 5 nitrogen and oxygen atoms in total. The van der Waals surface area contributed by atoms with Gasteiger partial charge in [-0.3, -0.25) is 4.79 Å². The third-order valence-corrected chi connectivity index (χ3v) is 5.66. The lowest BCUT2D eigenvalue weighted by Crippen LogP contribution is -2.32. The average Bonchev–Trinajstić information content (AvgIpc) is 3.19. The number of imidazole rings is 1. The third-order valence-electron chi connectivity index (χ3n) is 5.66. The monoisotopic (exact) mass is 400 g/mol. The van der Waals surface area contributed by atoms with Crippen molar-refractivity contribution in [3.05, 3.63) is 71.2 Å². The second-order valence-corrected chi connectivity index (χ2v) is 7.82. The van der Waals surface area contributed by atoms with Crippen LogP contribution in [0.4, 0.5) is 0 Å². The number of carbonyl (C=O) groups is 1. The summed E-state index contributed by atoms with van der Waals surface area (Å²) in [7, 11) is 0. The van der Waals surface area contributed by atoms with Gasteiger partial charge in [-0.2, -0.15) is 0 Å². The maximum atomic E-state index is 11.4. The molecule has 1 aliphatic rings. The van der Waals surface area contributed by atoms with E-state index in [-0.39, 0.29) is 5.91 Å². The summed E-state index contributed by atoms with van der Waals surface area (Å²) in [4.78, 5) is 21.8. The molecule has 1 aromatic heterocycles. The lowest BCUT2D eigenvalue weighted by atomic mass is 9.99. The Labute approximate surface area is 177 Å². The first kappa shape index (κ1) is 20.0. The molecule has 0 fully saturated rings. The van der Waals surface area contributed by atoms with E-state index in [4.69, 9.17) is 4.98 Å². The summed E-state index contributed by atoms with van der Waals surface area (Å²) in [5.41, 5.74) is 8.22. The van der Waals surface area contributed by atoms with Crippen molar-refractivity contribution in [2.45, 2.75) is 33.7 Å². The van der Waals surface area contributed by atoms with E-state index in [0.29, 0.717) is 13.0 Å². The standard InChI is InChI=1S/C25H28N4O/c1-4-24(30)26-12-14-29-13-11-22-23(16-29)28-25(27-22)20-9-7-19(8-10-20)21-6-5-17(2)18(3)15-21/h5-11,13,15H,4,12,14,16H2,1-3H3,(H,26,30)(H,27,28). The molecule has 2 N–H and O–H groups in total. The van der Waals surface area contributed by atoms with Crippen molar-refractivity contribution >= 4 is 12.0 Å². The molecule has 4 rings (SSSR count). The van der Waals surface area contributed by atoms with E-state index in [1.165, 1.54) is 22.3 Å². The van der Waals surface area contributed by atoms with Crippen LogP contribution in [0.5, 0.6) is 0 Å². The second kappa shape index (κ2) is 8.57. The summed E-state index contributed by atoms with van der Waals surface area (Å²) in [5.74, 6) is 0.974. The van der Waals surface area contributed by atoms with E-state index in [1.807, 2.05) is 19.2 Å². The summed E-state index contributed by atoms with van der Waals surface area (Å²) in [6.07, 6.45) is 4.60. The Morgan fingerprint density at radius 2 is 1.80 bits per heavy atom. The van der Waals surface area contributed by atoms with E-state index in [0.717, 1.165) is 35.9 Å². The van der Waals surface area contributed by atoms with Gasteiger partial charge in [-0.15, -0.1) is 0 Å². The zero-order valence-corrected chi connectivity index (χ0v) is 17.8. The molecule has 0 atom stereocenters. The van der Waals surface area contributed by atoms with Crippen LogP contribution in [0.25, 0.3) is 28.6 Å². The van der Waals surface area contributed by atoms with Crippen LogP contribution in [0.3, 0.4) is 0 Å². The molecular weight excluding hydrogens is 372 g/mol. The Morgan fingerprint density at radius 3 is 2.53 bits per heavy atom. The highest BCUT2D eigenvalue weighted by molar-refractivity contribution is 5.75. The predicted molar refractivity (Wildman–Crippen MR) is 122 cm³/mol. The van der Waals surface area contributed by atoms with Crippen LogP contribution in [0.2, 0.25) is 0 Å². The van der Waals surface area contributed by atoms with Crippen molar-refractivity contribution in [1.82, 2.24) is 20.2 Å². The van der Waals surface area contributed by atoms with Gasteiger partial charge in [-0.25, -0.2) is 4.98 Å². The van der Waals surface area contributed by atoms with Gasteiger partial charge >= 0.3 is 0 Å². The molecule has 0 aliphatic carbocycles. The number of amides is 1. The van der Waals surface area contributed by atoms with Crippen LogP contribution in [0, 0.1) is 13.8 Å². The van der Waals surface area contributed by atoms with Gasteiger partial charge in [-0.05, 0) is 42.2 Å². The molecule has 154 valence electrons. The predicted octanol–water partition coefficient (Wildman–Crippen LogP) is 4.67. The number of fused-ring (bicyclic) bond motifs is 1. The minimum atomic E-state index is 0.0877. The van der Waals surface area contributed by atoms with Crippen molar-refractivity contribution in [3.63, 3.8) is 0 Å². The zero-order chi connectivity index (χ0) is 21.1. The molecule has 2 aromatic carbocycles. The number of rotatable bonds is 6.